The summed E-state index contributed by atoms with van der Waals surface area (Å²) >= 11 is 0. The maximum Gasteiger partial charge on any atom is 0.305 e. The molecule has 3 aliphatic rings. The van der Waals surface area contributed by atoms with Crippen LogP contribution in [0.4, 0.5) is 5.82 Å². The second-order valence-electron chi connectivity index (χ2n) is 12.1. The van der Waals surface area contributed by atoms with E-state index in [1.54, 1.807) is 26.3 Å². The Kier molecular flexibility index (Phi) is 6.86. The van der Waals surface area contributed by atoms with E-state index in [0.29, 0.717) is 54.7 Å². The van der Waals surface area contributed by atoms with Gasteiger partial charge in [0.05, 0.1) is 18.3 Å². The molecule has 0 unspecified atom stereocenters. The van der Waals surface area contributed by atoms with Gasteiger partial charge in [0.1, 0.15) is 22.7 Å². The minimum atomic E-state index is -3.62. The predicted octanol–water partition coefficient (Wildman–Crippen LogP) is 2.96. The lowest BCUT2D eigenvalue weighted by Gasteiger charge is -2.33. The summed E-state index contributed by atoms with van der Waals surface area (Å²) in [5.41, 5.74) is 9.77. The minimum Gasteiger partial charge on any atom is -0.494 e. The molecular formula is C30H38N8O4S. The molecule has 3 aromatic heterocycles. The van der Waals surface area contributed by atoms with Crippen molar-refractivity contribution in [1.29, 1.82) is 0 Å². The summed E-state index contributed by atoms with van der Waals surface area (Å²) in [5.74, 6) is 2.19. The number of benzene rings is 1. The van der Waals surface area contributed by atoms with Crippen LogP contribution in [0.15, 0.2) is 30.3 Å². The molecule has 0 spiro atoms. The van der Waals surface area contributed by atoms with Gasteiger partial charge in [-0.2, -0.15) is 12.7 Å². The van der Waals surface area contributed by atoms with E-state index < -0.39 is 10.2 Å². The zero-order valence-electron chi connectivity index (χ0n) is 24.9. The first-order valence-electron chi connectivity index (χ1n) is 15.0. The number of aromatic nitrogens is 4. The Morgan fingerprint density at radius 2 is 1.86 bits per heavy atom. The maximum absolute atomic E-state index is 13.5. The Bertz CT molecular complexity index is 1840. The molecule has 12 nitrogen and oxygen atoms in total. The van der Waals surface area contributed by atoms with E-state index in [1.165, 1.54) is 8.61 Å². The molecule has 2 saturated heterocycles. The number of anilines is 1. The van der Waals surface area contributed by atoms with Crippen molar-refractivity contribution in [2.45, 2.75) is 44.7 Å². The second-order valence-corrected chi connectivity index (χ2v) is 14.1. The van der Waals surface area contributed by atoms with Crippen LogP contribution in [0.1, 0.15) is 42.5 Å². The molecule has 13 heteroatoms. The number of fused-ring (bicyclic) bond motifs is 2. The van der Waals surface area contributed by atoms with Crippen LogP contribution in [0.25, 0.3) is 33.6 Å². The highest BCUT2D eigenvalue weighted by Gasteiger charge is 2.33. The first-order valence-corrected chi connectivity index (χ1v) is 16.4. The van der Waals surface area contributed by atoms with Crippen LogP contribution in [-0.2, 0) is 23.8 Å². The van der Waals surface area contributed by atoms with Crippen molar-refractivity contribution in [2.24, 2.45) is 18.7 Å². The van der Waals surface area contributed by atoms with Gasteiger partial charge in [-0.3, -0.25) is 4.79 Å². The number of ether oxygens (including phenoxy) is 1. The summed E-state index contributed by atoms with van der Waals surface area (Å²) < 4.78 is 38.9. The lowest BCUT2D eigenvalue weighted by molar-refractivity contribution is 0.0708. The first kappa shape index (κ1) is 28.1. The summed E-state index contributed by atoms with van der Waals surface area (Å²) in [6.45, 7) is 2.89. The number of piperidine rings is 1. The topological polar surface area (TPSA) is 132 Å². The average Bonchev–Trinajstić information content (AvgIpc) is 3.67. The monoisotopic (exact) mass is 606 g/mol. The van der Waals surface area contributed by atoms with Gasteiger partial charge in [0.25, 0.3) is 5.91 Å². The van der Waals surface area contributed by atoms with Gasteiger partial charge in [-0.25, -0.2) is 14.3 Å². The molecule has 228 valence electrons. The summed E-state index contributed by atoms with van der Waals surface area (Å²) in [6.07, 6.45) is 4.84. The summed E-state index contributed by atoms with van der Waals surface area (Å²) in [6, 6.07) is 9.42. The van der Waals surface area contributed by atoms with Crippen LogP contribution in [-0.4, -0.2) is 89.0 Å². The van der Waals surface area contributed by atoms with Gasteiger partial charge in [0.2, 0.25) is 0 Å². The average molecular weight is 607 g/mol. The van der Waals surface area contributed by atoms with Crippen LogP contribution >= 0.6 is 0 Å². The molecule has 1 saturated carbocycles. The first-order chi connectivity index (χ1) is 20.7. The van der Waals surface area contributed by atoms with E-state index in [0.717, 1.165) is 66.7 Å². The zero-order valence-corrected chi connectivity index (χ0v) is 25.7. The highest BCUT2D eigenvalue weighted by Crippen LogP contribution is 2.38. The Hall–Kier alpha value is -3.68. The van der Waals surface area contributed by atoms with Crippen LogP contribution in [0.3, 0.4) is 0 Å². The van der Waals surface area contributed by atoms with E-state index in [2.05, 4.69) is 10.6 Å². The molecule has 7 rings (SSSR count). The lowest BCUT2D eigenvalue weighted by atomic mass is 10.0. The van der Waals surface area contributed by atoms with E-state index in [1.807, 2.05) is 28.6 Å². The van der Waals surface area contributed by atoms with Crippen LogP contribution in [0.2, 0.25) is 0 Å². The molecule has 3 fully saturated rings. The zero-order chi connectivity index (χ0) is 30.0. The Morgan fingerprint density at radius 3 is 2.60 bits per heavy atom. The van der Waals surface area contributed by atoms with Gasteiger partial charge in [-0.05, 0) is 68.4 Å². The van der Waals surface area contributed by atoms with Crippen molar-refractivity contribution in [2.75, 3.05) is 44.6 Å². The summed E-state index contributed by atoms with van der Waals surface area (Å²) in [7, 11) is 1.54. The molecule has 1 aliphatic carbocycles. The van der Waals surface area contributed by atoms with Gasteiger partial charge < -0.3 is 24.5 Å². The second kappa shape index (κ2) is 10.5. The number of likely N-dealkylation sites (tertiary alicyclic amines) is 1. The number of nitrogens with zero attached hydrogens (tertiary/aromatic N) is 7. The number of aryl methyl sites for hydroxylation is 1. The number of pyridine rings is 1. The van der Waals surface area contributed by atoms with Crippen molar-refractivity contribution in [3.8, 4) is 17.3 Å². The number of imidazole rings is 1. The Morgan fingerprint density at radius 1 is 1.05 bits per heavy atom. The number of nitrogens with two attached hydrogens (primary N) is 1. The number of carbonyl (C=O) groups is 1. The predicted molar refractivity (Wildman–Crippen MR) is 165 cm³/mol. The molecule has 1 amide bonds. The van der Waals surface area contributed by atoms with Crippen LogP contribution in [0.5, 0.6) is 5.75 Å². The van der Waals surface area contributed by atoms with E-state index in [9.17, 15) is 13.2 Å². The molecule has 1 atom stereocenters. The molecule has 4 aromatic rings. The molecular weight excluding hydrogens is 568 g/mol. The minimum absolute atomic E-state index is 0.0109. The normalized spacial score (nSPS) is 21.2. The van der Waals surface area contributed by atoms with E-state index in [-0.39, 0.29) is 11.9 Å². The number of methoxy groups -OCH3 is 1. The third kappa shape index (κ3) is 4.83. The summed E-state index contributed by atoms with van der Waals surface area (Å²) in [4.78, 5) is 25.3. The van der Waals surface area contributed by atoms with Crippen molar-refractivity contribution >= 4 is 44.0 Å². The number of rotatable bonds is 6. The molecule has 1 aromatic carbocycles. The standard InChI is InChI=1S/C30H38N8O4S/c1-34-11-5-13-38(43(34,40)41)26-10-9-20-15-24(37(28(20)33-26)17-19-7-8-19)29-32-23-14-21(16-25(42-3)27(23)35(29)2)30(39)36-12-4-6-22(31)18-36/h9-10,14-16,19,22H,4-8,11-13,17-18,31H2,1-3H3/t22-/m1/s1. The molecule has 0 bridgehead atoms. The third-order valence-corrected chi connectivity index (χ3v) is 10.9. The molecule has 2 N–H and O–H groups in total. The third-order valence-electron chi connectivity index (χ3n) is 9.00. The molecule has 5 heterocycles. The quantitative estimate of drug-likeness (QED) is 0.357. The van der Waals surface area contributed by atoms with E-state index >= 15 is 0 Å². The maximum atomic E-state index is 13.5. The largest absolute Gasteiger partial charge is 0.494 e. The van der Waals surface area contributed by atoms with Gasteiger partial charge in [-0.15, -0.1) is 0 Å². The Balaban J connectivity index is 1.34. The fraction of sp³-hybridized carbons (Fsp3) is 0.500. The number of hydrogen-bond donors (Lipinski definition) is 1. The van der Waals surface area contributed by atoms with Crippen molar-refractivity contribution in [1.82, 2.24) is 28.3 Å². The lowest BCUT2D eigenvalue weighted by Crippen LogP contribution is -2.48. The van der Waals surface area contributed by atoms with Gasteiger partial charge in [-0.1, -0.05) is 0 Å². The number of amides is 1. The molecule has 43 heavy (non-hydrogen) atoms. The number of hydrogen-bond acceptors (Lipinski definition) is 7. The fourth-order valence-corrected chi connectivity index (χ4v) is 7.84. The fourth-order valence-electron chi connectivity index (χ4n) is 6.45. The van der Waals surface area contributed by atoms with Crippen LogP contribution in [0, 0.1) is 5.92 Å². The molecule has 2 aliphatic heterocycles. The van der Waals surface area contributed by atoms with E-state index in [4.69, 9.17) is 20.4 Å². The SMILES string of the molecule is COc1cc(C(=O)N2CCC[C@@H](N)C2)cc2nc(-c3cc4ccc(N5CCCN(C)S5(=O)=O)nc4n3CC3CC3)n(C)c12. The Labute approximate surface area is 251 Å². The summed E-state index contributed by atoms with van der Waals surface area (Å²) in [5, 5.41) is 0.915. The van der Waals surface area contributed by atoms with Crippen LogP contribution < -0.4 is 14.8 Å². The molecule has 0 radical (unpaired) electrons. The van der Waals surface area contributed by atoms with Crippen molar-refractivity contribution in [3.63, 3.8) is 0 Å². The highest BCUT2D eigenvalue weighted by atomic mass is 32.2. The van der Waals surface area contributed by atoms with Crippen molar-refractivity contribution < 1.29 is 17.9 Å². The highest BCUT2D eigenvalue weighted by molar-refractivity contribution is 7.90. The smallest absolute Gasteiger partial charge is 0.305 e. The van der Waals surface area contributed by atoms with Gasteiger partial charge >= 0.3 is 10.2 Å². The van der Waals surface area contributed by atoms with Gasteiger partial charge in [0.15, 0.2) is 5.82 Å². The van der Waals surface area contributed by atoms with Crippen molar-refractivity contribution in [3.05, 3.63) is 35.9 Å². The number of carbonyl (C=O) groups excluding carboxylic acids is 1. The van der Waals surface area contributed by atoms with Gasteiger partial charge in [0, 0.05) is 63.8 Å².